The van der Waals surface area contributed by atoms with Gasteiger partial charge in [0.25, 0.3) is 11.8 Å². The molecule has 2 aliphatic rings. The number of nitrogens with one attached hydrogen (secondary N) is 1. The Morgan fingerprint density at radius 2 is 2.16 bits per heavy atom. The zero-order valence-electron chi connectivity index (χ0n) is 19.2. The molecular weight excluding hydrogens is 418 g/mol. The highest BCUT2D eigenvalue weighted by molar-refractivity contribution is 6.34. The molecule has 0 aromatic heterocycles. The zero-order chi connectivity index (χ0) is 22.8. The lowest BCUT2D eigenvalue weighted by molar-refractivity contribution is -0.132. The molecule has 0 aliphatic carbocycles. The van der Waals surface area contributed by atoms with E-state index in [1.54, 1.807) is 38.0 Å². The lowest BCUT2D eigenvalue weighted by Gasteiger charge is -2.40. The van der Waals surface area contributed by atoms with Crippen LogP contribution >= 0.6 is 11.6 Å². The summed E-state index contributed by atoms with van der Waals surface area (Å²) < 4.78 is 11.1. The van der Waals surface area contributed by atoms with Crippen molar-refractivity contribution in [3.63, 3.8) is 0 Å². The summed E-state index contributed by atoms with van der Waals surface area (Å²) in [6.45, 7) is 10.3. The molecule has 1 aromatic rings. The van der Waals surface area contributed by atoms with E-state index in [4.69, 9.17) is 21.1 Å². The van der Waals surface area contributed by atoms with Crippen LogP contribution in [0.5, 0.6) is 5.75 Å². The molecule has 8 heteroatoms. The van der Waals surface area contributed by atoms with Crippen molar-refractivity contribution in [1.29, 1.82) is 0 Å². The minimum absolute atomic E-state index is 0.0270. The maximum atomic E-state index is 13.6. The van der Waals surface area contributed by atoms with Gasteiger partial charge in [-0.3, -0.25) is 9.59 Å². The highest BCUT2D eigenvalue weighted by atomic mass is 35.5. The molecular formula is C23H34ClN3O4. The van der Waals surface area contributed by atoms with Crippen LogP contribution in [0.4, 0.5) is 5.69 Å². The fraction of sp³-hybridized carbons (Fsp3) is 0.652. The third-order valence-electron chi connectivity index (χ3n) is 5.88. The van der Waals surface area contributed by atoms with Gasteiger partial charge in [-0.1, -0.05) is 11.6 Å². The summed E-state index contributed by atoms with van der Waals surface area (Å²) in [4.78, 5) is 30.3. The number of nitrogens with zero attached hydrogens (tertiary/aromatic N) is 2. The fourth-order valence-corrected chi connectivity index (χ4v) is 4.61. The van der Waals surface area contributed by atoms with Gasteiger partial charge >= 0.3 is 0 Å². The molecule has 2 amide bonds. The van der Waals surface area contributed by atoms with Gasteiger partial charge in [0.05, 0.1) is 16.3 Å². The maximum absolute atomic E-state index is 13.6. The predicted octanol–water partition coefficient (Wildman–Crippen LogP) is 3.48. The summed E-state index contributed by atoms with van der Waals surface area (Å²) in [6.07, 6.45) is 2.66. The molecule has 0 unspecified atom stereocenters. The number of rotatable bonds is 7. The van der Waals surface area contributed by atoms with Gasteiger partial charge in [-0.2, -0.15) is 0 Å². The maximum Gasteiger partial charge on any atom is 0.270 e. The number of fused-ring (bicyclic) bond motifs is 1. The molecule has 0 bridgehead atoms. The smallest absolute Gasteiger partial charge is 0.270 e. The highest BCUT2D eigenvalue weighted by Gasteiger charge is 2.42. The lowest BCUT2D eigenvalue weighted by atomic mass is 10.00. The Morgan fingerprint density at radius 1 is 1.42 bits per heavy atom. The Hall–Kier alpha value is -1.83. The summed E-state index contributed by atoms with van der Waals surface area (Å²) in [6, 6.07) is 3.52. The Balaban J connectivity index is 1.99. The van der Waals surface area contributed by atoms with Gasteiger partial charge in [-0.05, 0) is 59.6 Å². The van der Waals surface area contributed by atoms with E-state index < -0.39 is 5.60 Å². The number of carbonyl (C=O) groups excluding carboxylic acids is 2. The Morgan fingerprint density at radius 3 is 2.77 bits per heavy atom. The summed E-state index contributed by atoms with van der Waals surface area (Å²) in [5.74, 6) is 0.249. The first kappa shape index (κ1) is 23.8. The topological polar surface area (TPSA) is 71.1 Å². The van der Waals surface area contributed by atoms with Crippen molar-refractivity contribution in [2.75, 3.05) is 38.3 Å². The molecule has 2 aliphatic heterocycles. The largest absolute Gasteiger partial charge is 0.476 e. The highest BCUT2D eigenvalue weighted by Crippen LogP contribution is 2.41. The number of hydrogen-bond donors (Lipinski definition) is 1. The molecule has 7 nitrogen and oxygen atoms in total. The number of hydrogen-bond acceptors (Lipinski definition) is 5. The minimum Gasteiger partial charge on any atom is -0.476 e. The lowest BCUT2D eigenvalue weighted by Crippen LogP contribution is -2.53. The summed E-state index contributed by atoms with van der Waals surface area (Å²) in [7, 11) is 1.64. The van der Waals surface area contributed by atoms with Crippen LogP contribution in [0.3, 0.4) is 0 Å². The van der Waals surface area contributed by atoms with Gasteiger partial charge in [0.15, 0.2) is 5.60 Å². The van der Waals surface area contributed by atoms with Crippen molar-refractivity contribution >= 4 is 29.1 Å². The van der Waals surface area contributed by atoms with Crippen LogP contribution in [-0.2, 0) is 9.53 Å². The van der Waals surface area contributed by atoms with Crippen LogP contribution in [0.15, 0.2) is 12.1 Å². The number of methoxy groups -OCH3 is 1. The van der Waals surface area contributed by atoms with Crippen LogP contribution in [0.2, 0.25) is 5.02 Å². The molecule has 1 atom stereocenters. The van der Waals surface area contributed by atoms with Crippen molar-refractivity contribution in [1.82, 2.24) is 10.2 Å². The first-order valence-corrected chi connectivity index (χ1v) is 11.4. The standard InChI is InChI=1S/C23H34ClN3O4/c1-15(2)27(16-8-6-9-25-14-16)21(28)17-12-19-20(13-18(17)24)31-23(3,4)22(29)26(19)10-7-11-30-5/h12-13,15-16,25H,6-11,14H2,1-5H3/t16-/m1/s1. The number of carbonyl (C=O) groups is 2. The van der Waals surface area contributed by atoms with Gasteiger partial charge in [0, 0.05) is 45.0 Å². The monoisotopic (exact) mass is 451 g/mol. The molecule has 1 N–H and O–H groups in total. The van der Waals surface area contributed by atoms with Gasteiger partial charge in [0.1, 0.15) is 5.75 Å². The second kappa shape index (κ2) is 9.76. The third-order valence-corrected chi connectivity index (χ3v) is 6.19. The van der Waals surface area contributed by atoms with Gasteiger partial charge in [0.2, 0.25) is 0 Å². The van der Waals surface area contributed by atoms with Crippen molar-refractivity contribution in [3.8, 4) is 5.75 Å². The number of halogens is 1. The predicted molar refractivity (Wildman–Crippen MR) is 122 cm³/mol. The first-order chi connectivity index (χ1) is 14.7. The molecule has 0 radical (unpaired) electrons. The summed E-state index contributed by atoms with van der Waals surface area (Å²) in [5.41, 5.74) is -0.0293. The van der Waals surface area contributed by atoms with E-state index in [0.29, 0.717) is 41.6 Å². The van der Waals surface area contributed by atoms with Crippen LogP contribution in [0.25, 0.3) is 0 Å². The van der Waals surface area contributed by atoms with Gasteiger partial charge in [-0.25, -0.2) is 0 Å². The molecule has 31 heavy (non-hydrogen) atoms. The van der Waals surface area contributed by atoms with Crippen molar-refractivity contribution in [2.24, 2.45) is 0 Å². The zero-order valence-corrected chi connectivity index (χ0v) is 19.9. The normalized spacial score (nSPS) is 20.4. The van der Waals surface area contributed by atoms with Crippen LogP contribution in [0.1, 0.15) is 57.3 Å². The van der Waals surface area contributed by atoms with Crippen LogP contribution in [-0.4, -0.2) is 67.7 Å². The van der Waals surface area contributed by atoms with Crippen molar-refractivity contribution in [3.05, 3.63) is 22.7 Å². The van der Waals surface area contributed by atoms with Gasteiger partial charge in [-0.15, -0.1) is 0 Å². The number of anilines is 1. The number of amides is 2. The quantitative estimate of drug-likeness (QED) is 0.642. The summed E-state index contributed by atoms with van der Waals surface area (Å²) in [5, 5.41) is 3.71. The van der Waals surface area contributed by atoms with Crippen molar-refractivity contribution in [2.45, 2.75) is 64.6 Å². The number of ether oxygens (including phenoxy) is 2. The Labute approximate surface area is 190 Å². The second-order valence-electron chi connectivity index (χ2n) is 9.02. The van der Waals surface area contributed by atoms with Crippen LogP contribution < -0.4 is 15.0 Å². The van der Waals surface area contributed by atoms with Gasteiger partial charge < -0.3 is 24.6 Å². The SMILES string of the molecule is COCCCN1C(=O)C(C)(C)Oc2cc(Cl)c(C(=O)N(C(C)C)[C@@H]3CCCNC3)cc21. The molecule has 172 valence electrons. The van der Waals surface area contributed by atoms with E-state index in [-0.39, 0.29) is 23.9 Å². The minimum atomic E-state index is -1.01. The molecule has 1 aromatic carbocycles. The first-order valence-electron chi connectivity index (χ1n) is 11.0. The fourth-order valence-electron chi connectivity index (χ4n) is 4.37. The van der Waals surface area contributed by atoms with E-state index in [9.17, 15) is 9.59 Å². The number of piperidine rings is 1. The average Bonchev–Trinajstić information content (AvgIpc) is 2.71. The molecule has 3 rings (SSSR count). The van der Waals surface area contributed by atoms with E-state index >= 15 is 0 Å². The average molecular weight is 452 g/mol. The van der Waals surface area contributed by atoms with Crippen molar-refractivity contribution < 1.29 is 19.1 Å². The molecule has 0 spiro atoms. The van der Waals surface area contributed by atoms with E-state index in [1.165, 1.54) is 0 Å². The van der Waals surface area contributed by atoms with E-state index in [2.05, 4.69) is 5.32 Å². The molecule has 1 saturated heterocycles. The number of benzene rings is 1. The second-order valence-corrected chi connectivity index (χ2v) is 9.43. The summed E-state index contributed by atoms with van der Waals surface area (Å²) >= 11 is 6.58. The Kier molecular flexibility index (Phi) is 7.50. The Bertz CT molecular complexity index is 821. The van der Waals surface area contributed by atoms with E-state index in [1.807, 2.05) is 18.7 Å². The van der Waals surface area contributed by atoms with E-state index in [0.717, 1.165) is 25.9 Å². The molecule has 2 heterocycles. The molecule has 0 saturated carbocycles. The third kappa shape index (κ3) is 4.99. The molecule has 1 fully saturated rings. The van der Waals surface area contributed by atoms with Crippen LogP contribution in [0, 0.1) is 0 Å².